The second kappa shape index (κ2) is 4.79. The molecule has 0 radical (unpaired) electrons. The number of amides is 1. The van der Waals surface area contributed by atoms with E-state index >= 15 is 0 Å². The second-order valence-corrected chi connectivity index (χ2v) is 3.41. The van der Waals surface area contributed by atoms with Crippen LogP contribution in [0.25, 0.3) is 0 Å². The maximum absolute atomic E-state index is 11.2. The van der Waals surface area contributed by atoms with E-state index in [4.69, 9.17) is 10.5 Å². The molecular weight excluding hydrogens is 192 g/mol. The first-order chi connectivity index (χ1) is 7.08. The Morgan fingerprint density at radius 1 is 1.47 bits per heavy atom. The quantitative estimate of drug-likeness (QED) is 0.784. The standard InChI is InChI=1S/C11H16N2O2/c1-7-4-8(2)11(15-3)9(5-7)13-10(14)6-12/h4-5H,6,12H2,1-3H3,(H,13,14). The third kappa shape index (κ3) is 2.70. The fourth-order valence-corrected chi connectivity index (χ4v) is 1.52. The highest BCUT2D eigenvalue weighted by atomic mass is 16.5. The van der Waals surface area contributed by atoms with Gasteiger partial charge in [0.25, 0.3) is 0 Å². The molecule has 0 saturated carbocycles. The van der Waals surface area contributed by atoms with E-state index in [9.17, 15) is 4.79 Å². The summed E-state index contributed by atoms with van der Waals surface area (Å²) in [5, 5.41) is 2.70. The lowest BCUT2D eigenvalue weighted by Crippen LogP contribution is -2.22. The number of benzene rings is 1. The number of anilines is 1. The summed E-state index contributed by atoms with van der Waals surface area (Å²) in [6.45, 7) is 3.87. The third-order valence-corrected chi connectivity index (χ3v) is 2.08. The van der Waals surface area contributed by atoms with E-state index in [2.05, 4.69) is 5.32 Å². The Labute approximate surface area is 89.4 Å². The van der Waals surface area contributed by atoms with Crippen LogP contribution in [0.1, 0.15) is 11.1 Å². The van der Waals surface area contributed by atoms with Gasteiger partial charge < -0.3 is 15.8 Å². The molecule has 1 rings (SSSR count). The van der Waals surface area contributed by atoms with Crippen LogP contribution in [-0.2, 0) is 4.79 Å². The van der Waals surface area contributed by atoms with Gasteiger partial charge in [0.05, 0.1) is 19.3 Å². The van der Waals surface area contributed by atoms with Gasteiger partial charge in [-0.3, -0.25) is 4.79 Å². The molecule has 4 heteroatoms. The third-order valence-electron chi connectivity index (χ3n) is 2.08. The van der Waals surface area contributed by atoms with E-state index < -0.39 is 0 Å². The van der Waals surface area contributed by atoms with Crippen LogP contribution >= 0.6 is 0 Å². The molecule has 0 saturated heterocycles. The number of hydrogen-bond acceptors (Lipinski definition) is 3. The van der Waals surface area contributed by atoms with Gasteiger partial charge in [-0.25, -0.2) is 0 Å². The molecule has 3 N–H and O–H groups in total. The van der Waals surface area contributed by atoms with Crippen molar-refractivity contribution in [2.24, 2.45) is 5.73 Å². The summed E-state index contributed by atoms with van der Waals surface area (Å²) in [4.78, 5) is 11.2. The Balaban J connectivity index is 3.09. The van der Waals surface area contributed by atoms with Crippen molar-refractivity contribution in [1.29, 1.82) is 0 Å². The zero-order valence-corrected chi connectivity index (χ0v) is 9.26. The van der Waals surface area contributed by atoms with Gasteiger partial charge in [-0.05, 0) is 31.0 Å². The van der Waals surface area contributed by atoms with Gasteiger partial charge in [0.15, 0.2) is 0 Å². The van der Waals surface area contributed by atoms with Crippen molar-refractivity contribution in [2.75, 3.05) is 19.0 Å². The Kier molecular flexibility index (Phi) is 3.68. The lowest BCUT2D eigenvalue weighted by Gasteiger charge is -2.13. The van der Waals surface area contributed by atoms with Crippen molar-refractivity contribution in [3.63, 3.8) is 0 Å². The van der Waals surface area contributed by atoms with Gasteiger partial charge in [0.2, 0.25) is 5.91 Å². The molecule has 15 heavy (non-hydrogen) atoms. The Morgan fingerprint density at radius 2 is 2.13 bits per heavy atom. The maximum atomic E-state index is 11.2. The van der Waals surface area contributed by atoms with Crippen LogP contribution in [0.3, 0.4) is 0 Å². The Bertz CT molecular complexity index is 375. The van der Waals surface area contributed by atoms with Crippen LogP contribution in [0.15, 0.2) is 12.1 Å². The molecule has 0 spiro atoms. The van der Waals surface area contributed by atoms with E-state index in [0.717, 1.165) is 11.1 Å². The number of rotatable bonds is 3. The highest BCUT2D eigenvalue weighted by molar-refractivity contribution is 5.93. The average molecular weight is 208 g/mol. The van der Waals surface area contributed by atoms with Gasteiger partial charge in [-0.15, -0.1) is 0 Å². The van der Waals surface area contributed by atoms with Gasteiger partial charge in [-0.2, -0.15) is 0 Å². The van der Waals surface area contributed by atoms with E-state index in [1.54, 1.807) is 7.11 Å². The molecule has 0 aliphatic carbocycles. The molecule has 0 atom stereocenters. The summed E-state index contributed by atoms with van der Waals surface area (Å²) in [6, 6.07) is 3.86. The Hall–Kier alpha value is -1.55. The lowest BCUT2D eigenvalue weighted by molar-refractivity contribution is -0.114. The van der Waals surface area contributed by atoms with Crippen LogP contribution in [-0.4, -0.2) is 19.6 Å². The highest BCUT2D eigenvalue weighted by Gasteiger charge is 2.09. The number of carbonyl (C=O) groups is 1. The monoisotopic (exact) mass is 208 g/mol. The molecule has 0 bridgehead atoms. The first kappa shape index (κ1) is 11.5. The number of aryl methyl sites for hydroxylation is 2. The summed E-state index contributed by atoms with van der Waals surface area (Å²) in [5.74, 6) is 0.459. The minimum Gasteiger partial charge on any atom is -0.494 e. The van der Waals surface area contributed by atoms with Crippen LogP contribution < -0.4 is 15.8 Å². The summed E-state index contributed by atoms with van der Waals surface area (Å²) >= 11 is 0. The largest absolute Gasteiger partial charge is 0.494 e. The van der Waals surface area contributed by atoms with E-state index in [1.165, 1.54) is 0 Å². The van der Waals surface area contributed by atoms with Gasteiger partial charge in [0.1, 0.15) is 5.75 Å². The van der Waals surface area contributed by atoms with Crippen molar-refractivity contribution < 1.29 is 9.53 Å². The molecule has 82 valence electrons. The van der Waals surface area contributed by atoms with Crippen molar-refractivity contribution >= 4 is 11.6 Å². The minimum atomic E-state index is -0.224. The number of carbonyl (C=O) groups excluding carboxylic acids is 1. The minimum absolute atomic E-state index is 0.0316. The summed E-state index contributed by atoms with van der Waals surface area (Å²) in [6.07, 6.45) is 0. The molecule has 0 fully saturated rings. The fourth-order valence-electron chi connectivity index (χ4n) is 1.52. The Morgan fingerprint density at radius 3 is 2.67 bits per heavy atom. The number of hydrogen-bond donors (Lipinski definition) is 2. The topological polar surface area (TPSA) is 64.3 Å². The number of methoxy groups -OCH3 is 1. The molecule has 0 aliphatic heterocycles. The van der Waals surface area contributed by atoms with Crippen LogP contribution in [0.2, 0.25) is 0 Å². The van der Waals surface area contributed by atoms with Crippen molar-refractivity contribution in [3.8, 4) is 5.75 Å². The number of ether oxygens (including phenoxy) is 1. The molecule has 1 amide bonds. The van der Waals surface area contributed by atoms with Crippen LogP contribution in [0, 0.1) is 13.8 Å². The second-order valence-electron chi connectivity index (χ2n) is 3.41. The zero-order valence-electron chi connectivity index (χ0n) is 9.26. The summed E-state index contributed by atoms with van der Waals surface area (Å²) in [5.41, 5.74) is 7.97. The molecule has 4 nitrogen and oxygen atoms in total. The fraction of sp³-hybridized carbons (Fsp3) is 0.364. The van der Waals surface area contributed by atoms with Gasteiger partial charge in [-0.1, -0.05) is 6.07 Å². The van der Waals surface area contributed by atoms with Crippen LogP contribution in [0.5, 0.6) is 5.75 Å². The number of nitrogens with two attached hydrogens (primary N) is 1. The van der Waals surface area contributed by atoms with E-state index in [1.807, 2.05) is 26.0 Å². The van der Waals surface area contributed by atoms with Gasteiger partial charge in [0, 0.05) is 0 Å². The van der Waals surface area contributed by atoms with Crippen molar-refractivity contribution in [2.45, 2.75) is 13.8 Å². The first-order valence-corrected chi connectivity index (χ1v) is 4.73. The molecule has 1 aromatic rings. The van der Waals surface area contributed by atoms with E-state index in [0.29, 0.717) is 11.4 Å². The van der Waals surface area contributed by atoms with Crippen LogP contribution in [0.4, 0.5) is 5.69 Å². The molecule has 0 aromatic heterocycles. The predicted molar refractivity (Wildman–Crippen MR) is 60.2 cm³/mol. The van der Waals surface area contributed by atoms with Crippen molar-refractivity contribution in [1.82, 2.24) is 0 Å². The predicted octanol–water partition coefficient (Wildman–Crippen LogP) is 1.21. The average Bonchev–Trinajstić information content (AvgIpc) is 2.17. The highest BCUT2D eigenvalue weighted by Crippen LogP contribution is 2.29. The zero-order chi connectivity index (χ0) is 11.4. The SMILES string of the molecule is COc1c(C)cc(C)cc1NC(=O)CN. The number of nitrogens with one attached hydrogen (secondary N) is 1. The molecule has 0 unspecified atom stereocenters. The van der Waals surface area contributed by atoms with Gasteiger partial charge >= 0.3 is 0 Å². The molecule has 0 heterocycles. The summed E-state index contributed by atoms with van der Waals surface area (Å²) in [7, 11) is 1.58. The molecular formula is C11H16N2O2. The molecule has 0 aliphatic rings. The molecule has 1 aromatic carbocycles. The normalized spacial score (nSPS) is 9.87. The van der Waals surface area contributed by atoms with Crippen molar-refractivity contribution in [3.05, 3.63) is 23.3 Å². The summed E-state index contributed by atoms with van der Waals surface area (Å²) < 4.78 is 5.22. The smallest absolute Gasteiger partial charge is 0.238 e. The lowest BCUT2D eigenvalue weighted by atomic mass is 10.1. The first-order valence-electron chi connectivity index (χ1n) is 4.73. The maximum Gasteiger partial charge on any atom is 0.238 e. The van der Waals surface area contributed by atoms with E-state index in [-0.39, 0.29) is 12.5 Å².